The number of nitrogens with zero attached hydrogens (tertiary/aromatic N) is 2. The van der Waals surface area contributed by atoms with Gasteiger partial charge in [-0.15, -0.1) is 0 Å². The van der Waals surface area contributed by atoms with Gasteiger partial charge in [-0.2, -0.15) is 0 Å². The average Bonchev–Trinajstić information content (AvgIpc) is 3.25. The van der Waals surface area contributed by atoms with Crippen molar-refractivity contribution in [2.24, 2.45) is 4.99 Å². The molecule has 8 nitrogen and oxygen atoms in total. The number of amides is 1. The van der Waals surface area contributed by atoms with Crippen LogP contribution in [0.5, 0.6) is 0 Å². The first-order valence-electron chi connectivity index (χ1n) is 9.03. The summed E-state index contributed by atoms with van der Waals surface area (Å²) < 4.78 is 31.6. The van der Waals surface area contributed by atoms with Crippen LogP contribution < -0.4 is 4.72 Å². The Morgan fingerprint density at radius 2 is 1.96 bits per heavy atom. The van der Waals surface area contributed by atoms with Crippen molar-refractivity contribution in [3.05, 3.63) is 29.8 Å². The Balaban J connectivity index is 1.47. The molecule has 2 aliphatic heterocycles. The zero-order chi connectivity index (χ0) is 19.4. The maximum absolute atomic E-state index is 12.1. The summed E-state index contributed by atoms with van der Waals surface area (Å²) in [6, 6.07) is 6.61. The fraction of sp³-hybridized carbons (Fsp3) is 0.500. The molecule has 0 unspecified atom stereocenters. The Morgan fingerprint density at radius 1 is 1.26 bits per heavy atom. The summed E-state index contributed by atoms with van der Waals surface area (Å²) in [5, 5.41) is 0. The summed E-state index contributed by atoms with van der Waals surface area (Å²) in [4.78, 5) is 30.2. The van der Waals surface area contributed by atoms with Gasteiger partial charge in [0.25, 0.3) is 15.9 Å². The molecular formula is C18H23N3O5S. The third kappa shape index (κ3) is 4.47. The third-order valence-corrected chi connectivity index (χ3v) is 5.94. The Kier molecular flexibility index (Phi) is 5.79. The summed E-state index contributed by atoms with van der Waals surface area (Å²) in [6.45, 7) is 3.30. The number of likely N-dealkylation sites (tertiary alicyclic amines) is 1. The minimum absolute atomic E-state index is 0.114. The van der Waals surface area contributed by atoms with Crippen molar-refractivity contribution < 1.29 is 22.7 Å². The third-order valence-electron chi connectivity index (χ3n) is 4.55. The molecular weight excluding hydrogens is 370 g/mol. The van der Waals surface area contributed by atoms with Crippen LogP contribution in [0, 0.1) is 0 Å². The number of rotatable bonds is 6. The lowest BCUT2D eigenvalue weighted by Crippen LogP contribution is -2.38. The number of benzene rings is 1. The molecule has 3 rings (SSSR count). The highest BCUT2D eigenvalue weighted by Gasteiger charge is 2.30. The van der Waals surface area contributed by atoms with Gasteiger partial charge in [-0.3, -0.25) is 19.3 Å². The number of sulfonamides is 1. The monoisotopic (exact) mass is 393 g/mol. The lowest BCUT2D eigenvalue weighted by Gasteiger charge is -2.20. The molecule has 0 radical (unpaired) electrons. The van der Waals surface area contributed by atoms with Crippen molar-refractivity contribution >= 4 is 27.7 Å². The van der Waals surface area contributed by atoms with Crippen LogP contribution in [0.15, 0.2) is 34.2 Å². The van der Waals surface area contributed by atoms with Crippen molar-refractivity contribution in [2.45, 2.75) is 43.6 Å². The van der Waals surface area contributed by atoms with E-state index in [9.17, 15) is 18.0 Å². The number of esters is 1. The van der Waals surface area contributed by atoms with Crippen LogP contribution in [-0.4, -0.2) is 56.8 Å². The average molecular weight is 393 g/mol. The highest BCUT2D eigenvalue weighted by molar-refractivity contribution is 7.90. The molecule has 0 aromatic heterocycles. The van der Waals surface area contributed by atoms with Gasteiger partial charge in [0.05, 0.1) is 4.90 Å². The number of amidine groups is 1. The van der Waals surface area contributed by atoms with Crippen molar-refractivity contribution in [1.29, 1.82) is 0 Å². The van der Waals surface area contributed by atoms with E-state index in [2.05, 4.69) is 9.71 Å². The van der Waals surface area contributed by atoms with Crippen molar-refractivity contribution in [2.75, 3.05) is 19.6 Å². The summed E-state index contributed by atoms with van der Waals surface area (Å²) in [6.07, 6.45) is 1.70. The summed E-state index contributed by atoms with van der Waals surface area (Å²) >= 11 is 0. The van der Waals surface area contributed by atoms with E-state index >= 15 is 0 Å². The van der Waals surface area contributed by atoms with Crippen LogP contribution in [0.1, 0.15) is 38.2 Å². The second-order valence-electron chi connectivity index (χ2n) is 6.60. The maximum Gasteiger partial charge on any atom is 0.306 e. The fourth-order valence-corrected chi connectivity index (χ4v) is 4.42. The largest absolute Gasteiger partial charge is 0.453 e. The van der Waals surface area contributed by atoms with Crippen LogP contribution >= 0.6 is 0 Å². The second kappa shape index (κ2) is 8.08. The number of carbonyl (C=O) groups is 2. The van der Waals surface area contributed by atoms with Gasteiger partial charge in [0, 0.05) is 31.6 Å². The van der Waals surface area contributed by atoms with Gasteiger partial charge in [-0.1, -0.05) is 12.1 Å². The van der Waals surface area contributed by atoms with E-state index in [-0.39, 0.29) is 29.6 Å². The van der Waals surface area contributed by atoms with E-state index in [0.717, 1.165) is 25.9 Å². The molecule has 146 valence electrons. The quantitative estimate of drug-likeness (QED) is 0.575. The van der Waals surface area contributed by atoms with Crippen molar-refractivity contribution in [3.8, 4) is 0 Å². The minimum Gasteiger partial charge on any atom is -0.453 e. The summed E-state index contributed by atoms with van der Waals surface area (Å²) in [7, 11) is -3.56. The lowest BCUT2D eigenvalue weighted by atomic mass is 10.2. The van der Waals surface area contributed by atoms with E-state index in [1.54, 1.807) is 30.0 Å². The lowest BCUT2D eigenvalue weighted by molar-refractivity contribution is -0.158. The fourth-order valence-electron chi connectivity index (χ4n) is 3.17. The predicted octanol–water partition coefficient (Wildman–Crippen LogP) is 1.06. The zero-order valence-electron chi connectivity index (χ0n) is 15.2. The number of hydrogen-bond acceptors (Lipinski definition) is 6. The molecule has 27 heavy (non-hydrogen) atoms. The molecule has 0 spiro atoms. The topological polar surface area (TPSA) is 105 Å². The van der Waals surface area contributed by atoms with Gasteiger partial charge in [-0.05, 0) is 38.3 Å². The standard InChI is InChI=1S/C18H23N3O5S/c1-13(18(23)21-11-4-5-12-21)26-16(22)9-6-10-19-17-14-7-2-3-8-15(14)27(24,25)20-17/h2-3,7-8,13H,4-6,9-12H2,1H3,(H,19,20)/t13-/m1/s1. The molecule has 1 N–H and O–H groups in total. The zero-order valence-corrected chi connectivity index (χ0v) is 16.0. The molecule has 1 aromatic carbocycles. The smallest absolute Gasteiger partial charge is 0.306 e. The predicted molar refractivity (Wildman–Crippen MR) is 98.8 cm³/mol. The molecule has 0 saturated carbocycles. The highest BCUT2D eigenvalue weighted by atomic mass is 32.2. The molecule has 2 heterocycles. The molecule has 1 fully saturated rings. The first-order valence-corrected chi connectivity index (χ1v) is 10.5. The van der Waals surface area contributed by atoms with E-state index in [0.29, 0.717) is 12.0 Å². The van der Waals surface area contributed by atoms with Gasteiger partial charge in [-0.25, -0.2) is 8.42 Å². The van der Waals surface area contributed by atoms with Crippen molar-refractivity contribution in [1.82, 2.24) is 9.62 Å². The van der Waals surface area contributed by atoms with E-state index < -0.39 is 22.1 Å². The number of aliphatic imine (C=N–C) groups is 1. The van der Waals surface area contributed by atoms with E-state index in [1.165, 1.54) is 6.07 Å². The molecule has 2 aliphatic rings. The molecule has 9 heteroatoms. The van der Waals surface area contributed by atoms with Gasteiger partial charge in [0.1, 0.15) is 5.84 Å². The Hall–Kier alpha value is -2.42. The first kappa shape index (κ1) is 19.3. The van der Waals surface area contributed by atoms with Gasteiger partial charge in [0.15, 0.2) is 6.10 Å². The Morgan fingerprint density at radius 3 is 2.70 bits per heavy atom. The van der Waals surface area contributed by atoms with E-state index in [4.69, 9.17) is 4.74 Å². The normalized spacial score (nSPS) is 20.2. The maximum atomic E-state index is 12.1. The number of ether oxygens (including phenoxy) is 1. The molecule has 1 amide bonds. The van der Waals surface area contributed by atoms with Crippen LogP contribution in [-0.2, 0) is 24.3 Å². The van der Waals surface area contributed by atoms with Gasteiger partial charge < -0.3 is 9.64 Å². The summed E-state index contributed by atoms with van der Waals surface area (Å²) in [5.41, 5.74) is 0.532. The molecule has 1 atom stereocenters. The van der Waals surface area contributed by atoms with E-state index in [1.807, 2.05) is 0 Å². The Bertz CT molecular complexity index is 860. The summed E-state index contributed by atoms with van der Waals surface area (Å²) in [5.74, 6) is -0.322. The molecule has 1 saturated heterocycles. The minimum atomic E-state index is -3.56. The number of fused-ring (bicyclic) bond motifs is 1. The molecule has 0 bridgehead atoms. The number of nitrogens with one attached hydrogen (secondary N) is 1. The van der Waals surface area contributed by atoms with Gasteiger partial charge >= 0.3 is 5.97 Å². The van der Waals surface area contributed by atoms with Crippen molar-refractivity contribution in [3.63, 3.8) is 0 Å². The SMILES string of the molecule is C[C@@H](OC(=O)CCCN=C1NS(=O)(=O)c2ccccc21)C(=O)N1CCCC1. The number of hydrogen-bond donors (Lipinski definition) is 1. The second-order valence-corrected chi connectivity index (χ2v) is 8.25. The highest BCUT2D eigenvalue weighted by Crippen LogP contribution is 2.22. The molecule has 1 aromatic rings. The Labute approximate surface area is 158 Å². The first-order chi connectivity index (χ1) is 12.9. The van der Waals surface area contributed by atoms with Crippen LogP contribution in [0.3, 0.4) is 0 Å². The van der Waals surface area contributed by atoms with Crippen LogP contribution in [0.4, 0.5) is 0 Å². The molecule has 0 aliphatic carbocycles. The van der Waals surface area contributed by atoms with Crippen LogP contribution in [0.2, 0.25) is 0 Å². The number of carbonyl (C=O) groups excluding carboxylic acids is 2. The van der Waals surface area contributed by atoms with Crippen LogP contribution in [0.25, 0.3) is 0 Å². The van der Waals surface area contributed by atoms with Gasteiger partial charge in [0.2, 0.25) is 0 Å².